The van der Waals surface area contributed by atoms with Gasteiger partial charge in [0.1, 0.15) is 5.75 Å². The Labute approximate surface area is 153 Å². The first-order chi connectivity index (χ1) is 12.2. The molecule has 0 unspecified atom stereocenters. The minimum atomic E-state index is 0.559. The first kappa shape index (κ1) is 18.7. The van der Waals surface area contributed by atoms with Crippen molar-refractivity contribution in [1.29, 1.82) is 0 Å². The molecular weight excluding hydrogens is 312 g/mol. The molecule has 4 heteroatoms. The van der Waals surface area contributed by atoms with Crippen LogP contribution in [-0.4, -0.2) is 62.8 Å². The van der Waals surface area contributed by atoms with Crippen LogP contribution in [0.25, 0.3) is 0 Å². The number of rotatable bonds is 6. The summed E-state index contributed by atoms with van der Waals surface area (Å²) in [6.45, 7) is 13.2. The predicted octanol–water partition coefficient (Wildman–Crippen LogP) is 3.36. The number of methoxy groups -OCH3 is 1. The molecule has 0 spiro atoms. The average Bonchev–Trinajstić information content (AvgIpc) is 2.64. The van der Waals surface area contributed by atoms with Crippen LogP contribution in [0.5, 0.6) is 5.75 Å². The maximum atomic E-state index is 5.60. The molecule has 0 aromatic heterocycles. The van der Waals surface area contributed by atoms with Crippen molar-refractivity contribution >= 4 is 0 Å². The van der Waals surface area contributed by atoms with Crippen molar-refractivity contribution in [3.8, 4) is 5.75 Å². The molecule has 1 aromatic carbocycles. The number of piperidine rings is 1. The normalized spacial score (nSPS) is 21.0. The van der Waals surface area contributed by atoms with Crippen LogP contribution in [-0.2, 0) is 11.3 Å². The summed E-state index contributed by atoms with van der Waals surface area (Å²) >= 11 is 0. The molecule has 3 rings (SSSR count). The number of ether oxygens (including phenoxy) is 2. The Bertz CT molecular complexity index is 533. The molecule has 0 atom stereocenters. The zero-order valence-electron chi connectivity index (χ0n) is 16.2. The van der Waals surface area contributed by atoms with E-state index in [0.29, 0.717) is 5.92 Å². The summed E-state index contributed by atoms with van der Waals surface area (Å²) in [7, 11) is 1.78. The molecule has 0 saturated carbocycles. The van der Waals surface area contributed by atoms with Crippen LogP contribution in [0.3, 0.4) is 0 Å². The van der Waals surface area contributed by atoms with Gasteiger partial charge in [-0.1, -0.05) is 26.0 Å². The highest BCUT2D eigenvalue weighted by atomic mass is 16.5. The third-order valence-electron chi connectivity index (χ3n) is 5.69. The van der Waals surface area contributed by atoms with E-state index in [0.717, 1.165) is 44.5 Å². The number of likely N-dealkylation sites (tertiary alicyclic amines) is 1. The van der Waals surface area contributed by atoms with E-state index >= 15 is 0 Å². The van der Waals surface area contributed by atoms with Gasteiger partial charge in [0.15, 0.2) is 0 Å². The SMILES string of the molecule is COc1ccc(C(C)C)cc1CN1CCC(CN2CCOCC2)CC1. The fourth-order valence-electron chi connectivity index (χ4n) is 4.00. The molecule has 4 nitrogen and oxygen atoms in total. The van der Waals surface area contributed by atoms with Gasteiger partial charge in [-0.05, 0) is 49.4 Å². The van der Waals surface area contributed by atoms with Crippen molar-refractivity contribution in [2.24, 2.45) is 5.92 Å². The van der Waals surface area contributed by atoms with E-state index in [1.54, 1.807) is 7.11 Å². The van der Waals surface area contributed by atoms with Crippen LogP contribution in [0.2, 0.25) is 0 Å². The van der Waals surface area contributed by atoms with Crippen LogP contribution in [0.15, 0.2) is 18.2 Å². The third-order valence-corrected chi connectivity index (χ3v) is 5.69. The van der Waals surface area contributed by atoms with Gasteiger partial charge in [-0.25, -0.2) is 0 Å². The fraction of sp³-hybridized carbons (Fsp3) is 0.714. The van der Waals surface area contributed by atoms with Gasteiger partial charge in [0.2, 0.25) is 0 Å². The van der Waals surface area contributed by atoms with Crippen molar-refractivity contribution in [1.82, 2.24) is 9.80 Å². The topological polar surface area (TPSA) is 24.9 Å². The summed E-state index contributed by atoms with van der Waals surface area (Å²) in [5.74, 6) is 2.43. The number of hydrogen-bond acceptors (Lipinski definition) is 4. The highest BCUT2D eigenvalue weighted by molar-refractivity contribution is 5.38. The predicted molar refractivity (Wildman–Crippen MR) is 102 cm³/mol. The molecular formula is C21H34N2O2. The first-order valence-corrected chi connectivity index (χ1v) is 9.85. The van der Waals surface area contributed by atoms with Gasteiger partial charge in [0.05, 0.1) is 20.3 Å². The molecule has 0 radical (unpaired) electrons. The standard InChI is InChI=1S/C21H34N2O2/c1-17(2)19-4-5-21(24-3)20(14-19)16-22-8-6-18(7-9-22)15-23-10-12-25-13-11-23/h4-5,14,17-18H,6-13,15-16H2,1-3H3. The third kappa shape index (κ3) is 5.19. The van der Waals surface area contributed by atoms with Gasteiger partial charge in [0, 0.05) is 31.7 Å². The Balaban J connectivity index is 1.52. The number of morpholine rings is 1. The monoisotopic (exact) mass is 346 g/mol. The Kier molecular flexibility index (Phi) is 6.74. The molecule has 2 saturated heterocycles. The van der Waals surface area contributed by atoms with E-state index in [9.17, 15) is 0 Å². The van der Waals surface area contributed by atoms with Gasteiger partial charge in [-0.3, -0.25) is 9.80 Å². The summed E-state index contributed by atoms with van der Waals surface area (Å²) < 4.78 is 11.1. The Morgan fingerprint density at radius 2 is 1.80 bits per heavy atom. The first-order valence-electron chi connectivity index (χ1n) is 9.85. The summed E-state index contributed by atoms with van der Waals surface area (Å²) in [4.78, 5) is 5.18. The van der Waals surface area contributed by atoms with E-state index < -0.39 is 0 Å². The molecule has 2 fully saturated rings. The summed E-state index contributed by atoms with van der Waals surface area (Å²) in [5.41, 5.74) is 2.73. The molecule has 25 heavy (non-hydrogen) atoms. The Morgan fingerprint density at radius 1 is 1.08 bits per heavy atom. The smallest absolute Gasteiger partial charge is 0.123 e. The minimum absolute atomic E-state index is 0.559. The quantitative estimate of drug-likeness (QED) is 0.788. The second-order valence-electron chi connectivity index (χ2n) is 7.86. The lowest BCUT2D eigenvalue weighted by atomic mass is 9.95. The maximum Gasteiger partial charge on any atom is 0.123 e. The van der Waals surface area contributed by atoms with Gasteiger partial charge < -0.3 is 9.47 Å². The van der Waals surface area contributed by atoms with E-state index in [1.807, 2.05) is 0 Å². The molecule has 140 valence electrons. The lowest BCUT2D eigenvalue weighted by Gasteiger charge is -2.36. The fourth-order valence-corrected chi connectivity index (χ4v) is 4.00. The van der Waals surface area contributed by atoms with E-state index in [2.05, 4.69) is 41.8 Å². The molecule has 2 aliphatic rings. The zero-order chi connectivity index (χ0) is 17.6. The number of hydrogen-bond donors (Lipinski definition) is 0. The molecule has 0 bridgehead atoms. The van der Waals surface area contributed by atoms with Crippen molar-refractivity contribution in [2.75, 3.05) is 53.0 Å². The van der Waals surface area contributed by atoms with E-state index in [-0.39, 0.29) is 0 Å². The molecule has 1 aromatic rings. The van der Waals surface area contributed by atoms with Gasteiger partial charge in [-0.2, -0.15) is 0 Å². The molecule has 0 amide bonds. The van der Waals surface area contributed by atoms with Crippen LogP contribution >= 0.6 is 0 Å². The van der Waals surface area contributed by atoms with Gasteiger partial charge in [-0.15, -0.1) is 0 Å². The Hall–Kier alpha value is -1.10. The van der Waals surface area contributed by atoms with E-state index in [4.69, 9.17) is 9.47 Å². The van der Waals surface area contributed by atoms with Gasteiger partial charge >= 0.3 is 0 Å². The lowest BCUT2D eigenvalue weighted by molar-refractivity contribution is 0.0242. The summed E-state index contributed by atoms with van der Waals surface area (Å²) in [6, 6.07) is 6.67. The number of benzene rings is 1. The van der Waals surface area contributed by atoms with Crippen molar-refractivity contribution in [3.63, 3.8) is 0 Å². The summed E-state index contributed by atoms with van der Waals surface area (Å²) in [6.07, 6.45) is 2.62. The zero-order valence-corrected chi connectivity index (χ0v) is 16.2. The molecule has 0 N–H and O–H groups in total. The second-order valence-corrected chi connectivity index (χ2v) is 7.86. The lowest BCUT2D eigenvalue weighted by Crippen LogP contribution is -2.42. The van der Waals surface area contributed by atoms with Crippen LogP contribution in [0.1, 0.15) is 43.7 Å². The van der Waals surface area contributed by atoms with Crippen molar-refractivity contribution in [2.45, 2.75) is 39.2 Å². The summed E-state index contributed by atoms with van der Waals surface area (Å²) in [5, 5.41) is 0. The molecule has 2 heterocycles. The number of nitrogens with zero attached hydrogens (tertiary/aromatic N) is 2. The van der Waals surface area contributed by atoms with Crippen molar-refractivity contribution < 1.29 is 9.47 Å². The van der Waals surface area contributed by atoms with Crippen LogP contribution < -0.4 is 4.74 Å². The van der Waals surface area contributed by atoms with Gasteiger partial charge in [0.25, 0.3) is 0 Å². The minimum Gasteiger partial charge on any atom is -0.496 e. The highest BCUT2D eigenvalue weighted by Crippen LogP contribution is 2.27. The van der Waals surface area contributed by atoms with Crippen LogP contribution in [0, 0.1) is 5.92 Å². The Morgan fingerprint density at radius 3 is 2.44 bits per heavy atom. The average molecular weight is 347 g/mol. The molecule has 2 aliphatic heterocycles. The van der Waals surface area contributed by atoms with E-state index in [1.165, 1.54) is 43.6 Å². The highest BCUT2D eigenvalue weighted by Gasteiger charge is 2.23. The second kappa shape index (κ2) is 9.02. The van der Waals surface area contributed by atoms with Crippen LogP contribution in [0.4, 0.5) is 0 Å². The van der Waals surface area contributed by atoms with Crippen molar-refractivity contribution in [3.05, 3.63) is 29.3 Å². The largest absolute Gasteiger partial charge is 0.496 e. The molecule has 0 aliphatic carbocycles. The maximum absolute atomic E-state index is 5.60.